The molecule has 0 fully saturated rings. The molecule has 0 rings (SSSR count). The Balaban J connectivity index is 3.94. The van der Waals surface area contributed by atoms with Crippen molar-refractivity contribution in [2.45, 2.75) is 13.0 Å². The first-order valence-corrected chi connectivity index (χ1v) is 4.55. The monoisotopic (exact) mass is 271 g/mol. The van der Waals surface area contributed by atoms with Crippen LogP contribution in [0.5, 0.6) is 0 Å². The molecule has 0 unspecified atom stereocenters. The second-order valence-electron chi connectivity index (χ2n) is 1.93. The molecule has 0 spiro atoms. The van der Waals surface area contributed by atoms with E-state index >= 15 is 0 Å². The van der Waals surface area contributed by atoms with E-state index < -0.39 is 12.0 Å². The first-order chi connectivity index (χ1) is 5.11. The van der Waals surface area contributed by atoms with Gasteiger partial charge in [-0.05, 0) is 0 Å². The number of carbonyl (C=O) groups is 2. The lowest BCUT2D eigenvalue weighted by Gasteiger charge is -2.11. The number of esters is 1. The topological polar surface area (TPSA) is 55.4 Å². The zero-order valence-electron chi connectivity index (χ0n) is 6.39. The second kappa shape index (κ2) is 5.34. The summed E-state index contributed by atoms with van der Waals surface area (Å²) in [6, 6.07) is -0.516. The predicted molar refractivity (Wildman–Crippen MR) is 48.5 cm³/mol. The molecule has 5 heteroatoms. The van der Waals surface area contributed by atoms with E-state index in [0.717, 1.165) is 0 Å². The van der Waals surface area contributed by atoms with E-state index in [9.17, 15) is 9.59 Å². The first kappa shape index (κ1) is 10.7. The molecular formula is C6H10INO3. The molecule has 0 heterocycles. The molecule has 0 aromatic carbocycles. The number of halogens is 1. The van der Waals surface area contributed by atoms with Crippen molar-refractivity contribution < 1.29 is 14.3 Å². The molecule has 0 bridgehead atoms. The number of nitrogens with one attached hydrogen (secondary N) is 1. The molecule has 0 aromatic rings. The van der Waals surface area contributed by atoms with Gasteiger partial charge in [-0.15, -0.1) is 0 Å². The molecule has 4 nitrogen and oxygen atoms in total. The van der Waals surface area contributed by atoms with E-state index in [1.807, 2.05) is 22.6 Å². The predicted octanol–water partition coefficient (Wildman–Crippen LogP) is 0.0991. The van der Waals surface area contributed by atoms with Crippen LogP contribution in [0.4, 0.5) is 0 Å². The Bertz CT molecular complexity index is 160. The number of methoxy groups -OCH3 is 1. The minimum Gasteiger partial charge on any atom is -0.467 e. The van der Waals surface area contributed by atoms with Crippen molar-refractivity contribution in [2.24, 2.45) is 0 Å². The zero-order chi connectivity index (χ0) is 8.85. The van der Waals surface area contributed by atoms with Crippen LogP contribution in [0.2, 0.25) is 0 Å². The number of hydrogen-bond donors (Lipinski definition) is 1. The van der Waals surface area contributed by atoms with Gasteiger partial charge in [0.2, 0.25) is 5.91 Å². The van der Waals surface area contributed by atoms with E-state index in [0.29, 0.717) is 4.43 Å². The van der Waals surface area contributed by atoms with Crippen LogP contribution in [0.15, 0.2) is 0 Å². The zero-order valence-corrected chi connectivity index (χ0v) is 8.54. The number of alkyl halides is 1. The van der Waals surface area contributed by atoms with Gasteiger partial charge < -0.3 is 10.1 Å². The van der Waals surface area contributed by atoms with E-state index in [1.165, 1.54) is 14.0 Å². The van der Waals surface area contributed by atoms with Crippen LogP contribution < -0.4 is 5.32 Å². The summed E-state index contributed by atoms with van der Waals surface area (Å²) in [5.41, 5.74) is 0. The van der Waals surface area contributed by atoms with Gasteiger partial charge in [0.15, 0.2) is 0 Å². The van der Waals surface area contributed by atoms with E-state index in [4.69, 9.17) is 0 Å². The third-order valence-electron chi connectivity index (χ3n) is 1.02. The molecule has 0 aliphatic carbocycles. The molecule has 0 aliphatic heterocycles. The number of carbonyl (C=O) groups excluding carboxylic acids is 2. The van der Waals surface area contributed by atoms with Crippen LogP contribution in [0.25, 0.3) is 0 Å². The molecule has 0 saturated carbocycles. The lowest BCUT2D eigenvalue weighted by molar-refractivity contribution is -0.144. The van der Waals surface area contributed by atoms with Crippen molar-refractivity contribution >= 4 is 34.5 Å². The van der Waals surface area contributed by atoms with Crippen LogP contribution in [0.3, 0.4) is 0 Å². The lowest BCUT2D eigenvalue weighted by Crippen LogP contribution is -2.41. The van der Waals surface area contributed by atoms with Crippen LogP contribution in [0, 0.1) is 0 Å². The Labute approximate surface area is 78.8 Å². The molecule has 11 heavy (non-hydrogen) atoms. The maximum atomic E-state index is 10.8. The van der Waals surface area contributed by atoms with E-state index in [2.05, 4.69) is 10.1 Å². The molecule has 0 aromatic heterocycles. The summed E-state index contributed by atoms with van der Waals surface area (Å²) in [7, 11) is 1.30. The Morgan fingerprint density at radius 2 is 2.18 bits per heavy atom. The molecule has 0 saturated heterocycles. The fourth-order valence-corrected chi connectivity index (χ4v) is 1.13. The molecule has 0 aliphatic rings. The summed E-state index contributed by atoms with van der Waals surface area (Å²) < 4.78 is 4.96. The molecular weight excluding hydrogens is 261 g/mol. The first-order valence-electron chi connectivity index (χ1n) is 3.02. The van der Waals surface area contributed by atoms with Crippen LogP contribution >= 0.6 is 22.6 Å². The molecule has 1 atom stereocenters. The van der Waals surface area contributed by atoms with Crippen molar-refractivity contribution in [2.75, 3.05) is 11.5 Å². The summed E-state index contributed by atoms with van der Waals surface area (Å²) in [5.74, 6) is -0.633. The fourth-order valence-electron chi connectivity index (χ4n) is 0.548. The third kappa shape index (κ3) is 4.18. The number of hydrogen-bond acceptors (Lipinski definition) is 3. The smallest absolute Gasteiger partial charge is 0.329 e. The van der Waals surface area contributed by atoms with Crippen molar-refractivity contribution in [3.63, 3.8) is 0 Å². The van der Waals surface area contributed by atoms with E-state index in [-0.39, 0.29) is 5.91 Å². The Morgan fingerprint density at radius 1 is 1.64 bits per heavy atom. The quantitative estimate of drug-likeness (QED) is 0.450. The summed E-state index contributed by atoms with van der Waals surface area (Å²) in [6.07, 6.45) is 0. The van der Waals surface area contributed by atoms with Gasteiger partial charge in [-0.1, -0.05) is 22.6 Å². The lowest BCUT2D eigenvalue weighted by atomic mass is 10.3. The maximum Gasteiger partial charge on any atom is 0.329 e. The Kier molecular flexibility index (Phi) is 5.18. The summed E-state index contributed by atoms with van der Waals surface area (Å²) in [5, 5.41) is 2.46. The van der Waals surface area contributed by atoms with E-state index in [1.54, 1.807) is 0 Å². The van der Waals surface area contributed by atoms with Gasteiger partial charge in [0.05, 0.1) is 7.11 Å². The molecule has 0 radical (unpaired) electrons. The Morgan fingerprint density at radius 3 is 2.45 bits per heavy atom. The average Bonchev–Trinajstić information content (AvgIpc) is 1.98. The van der Waals surface area contributed by atoms with Crippen molar-refractivity contribution in [3.8, 4) is 0 Å². The van der Waals surface area contributed by atoms with Crippen LogP contribution in [0.1, 0.15) is 6.92 Å². The van der Waals surface area contributed by atoms with Gasteiger partial charge in [0.1, 0.15) is 6.04 Å². The van der Waals surface area contributed by atoms with Crippen LogP contribution in [-0.2, 0) is 14.3 Å². The van der Waals surface area contributed by atoms with Crippen molar-refractivity contribution in [1.82, 2.24) is 5.32 Å². The highest BCUT2D eigenvalue weighted by Gasteiger charge is 2.17. The van der Waals surface area contributed by atoms with Gasteiger partial charge in [-0.2, -0.15) is 0 Å². The SMILES string of the molecule is COC(=O)[C@@H](CI)NC(C)=O. The number of rotatable bonds is 3. The fraction of sp³-hybridized carbons (Fsp3) is 0.667. The summed E-state index contributed by atoms with van der Waals surface area (Å²) >= 11 is 2.01. The highest BCUT2D eigenvalue weighted by Crippen LogP contribution is 1.93. The maximum absolute atomic E-state index is 10.8. The van der Waals surface area contributed by atoms with Crippen LogP contribution in [-0.4, -0.2) is 29.5 Å². The minimum atomic E-state index is -0.516. The normalized spacial score (nSPS) is 11.9. The summed E-state index contributed by atoms with van der Waals surface area (Å²) in [6.45, 7) is 1.36. The van der Waals surface area contributed by atoms with Gasteiger partial charge in [-0.3, -0.25) is 4.79 Å². The second-order valence-corrected chi connectivity index (χ2v) is 2.81. The highest BCUT2D eigenvalue weighted by molar-refractivity contribution is 14.1. The van der Waals surface area contributed by atoms with Gasteiger partial charge in [0.25, 0.3) is 0 Å². The van der Waals surface area contributed by atoms with Gasteiger partial charge in [-0.25, -0.2) is 4.79 Å². The minimum absolute atomic E-state index is 0.225. The van der Waals surface area contributed by atoms with Crippen molar-refractivity contribution in [3.05, 3.63) is 0 Å². The standard InChI is InChI=1S/C6H10INO3/c1-4(9)8-5(3-7)6(10)11-2/h5H,3H2,1-2H3,(H,8,9)/t5-/m1/s1. The van der Waals surface area contributed by atoms with Gasteiger partial charge in [0, 0.05) is 11.4 Å². The Hall–Kier alpha value is -0.330. The largest absolute Gasteiger partial charge is 0.467 e. The molecule has 1 amide bonds. The van der Waals surface area contributed by atoms with Crippen molar-refractivity contribution in [1.29, 1.82) is 0 Å². The molecule has 64 valence electrons. The average molecular weight is 271 g/mol. The summed E-state index contributed by atoms with van der Waals surface area (Å²) in [4.78, 5) is 21.3. The number of amides is 1. The molecule has 1 N–H and O–H groups in total. The number of ether oxygens (including phenoxy) is 1. The van der Waals surface area contributed by atoms with Gasteiger partial charge >= 0.3 is 5.97 Å². The highest BCUT2D eigenvalue weighted by atomic mass is 127. The third-order valence-corrected chi connectivity index (χ3v) is 1.90.